The maximum absolute atomic E-state index is 13.4. The van der Waals surface area contributed by atoms with Gasteiger partial charge in [-0.3, -0.25) is 0 Å². The predicted octanol–water partition coefficient (Wildman–Crippen LogP) is 4.52. The first kappa shape index (κ1) is 14.8. The molecule has 104 valence electrons. The number of halogens is 3. The molecule has 2 rings (SSSR count). The number of benzene rings is 2. The van der Waals surface area contributed by atoms with Crippen LogP contribution in [-0.4, -0.2) is 11.1 Å². The Kier molecular flexibility index (Phi) is 4.62. The van der Waals surface area contributed by atoms with Gasteiger partial charge in [0.05, 0.1) is 9.50 Å². The van der Waals surface area contributed by atoms with Crippen LogP contribution in [0, 0.1) is 5.82 Å². The van der Waals surface area contributed by atoms with Gasteiger partial charge in [0.2, 0.25) is 0 Å². The van der Waals surface area contributed by atoms with Crippen molar-refractivity contribution in [2.24, 2.45) is 0 Å². The first-order valence-corrected chi connectivity index (χ1v) is 6.75. The van der Waals surface area contributed by atoms with Crippen molar-refractivity contribution in [3.05, 3.63) is 62.8 Å². The largest absolute Gasteiger partial charge is 0.486 e. The van der Waals surface area contributed by atoms with Crippen molar-refractivity contribution in [3.63, 3.8) is 0 Å². The van der Waals surface area contributed by atoms with Gasteiger partial charge in [-0.05, 0) is 34.1 Å². The molecule has 0 atom stereocenters. The molecule has 3 nitrogen and oxygen atoms in total. The highest BCUT2D eigenvalue weighted by Gasteiger charge is 2.15. The quantitative estimate of drug-likeness (QED) is 0.873. The summed E-state index contributed by atoms with van der Waals surface area (Å²) in [7, 11) is 0. The highest BCUT2D eigenvalue weighted by Crippen LogP contribution is 2.30. The van der Waals surface area contributed by atoms with Crippen LogP contribution in [-0.2, 0) is 6.61 Å². The maximum Gasteiger partial charge on any atom is 0.339 e. The van der Waals surface area contributed by atoms with Crippen molar-refractivity contribution in [2.75, 3.05) is 0 Å². The van der Waals surface area contributed by atoms with Crippen LogP contribution >= 0.6 is 27.5 Å². The molecule has 0 saturated carbocycles. The number of carbonyl (C=O) groups is 1. The van der Waals surface area contributed by atoms with Crippen molar-refractivity contribution in [3.8, 4) is 5.75 Å². The minimum atomic E-state index is -1.14. The third-order valence-corrected chi connectivity index (χ3v) is 3.79. The van der Waals surface area contributed by atoms with E-state index in [-0.39, 0.29) is 27.4 Å². The van der Waals surface area contributed by atoms with Crippen LogP contribution in [0.25, 0.3) is 0 Å². The molecule has 0 aliphatic heterocycles. The molecule has 0 aliphatic carbocycles. The van der Waals surface area contributed by atoms with Gasteiger partial charge < -0.3 is 9.84 Å². The van der Waals surface area contributed by atoms with Crippen LogP contribution in [0.1, 0.15) is 15.9 Å². The molecule has 0 unspecified atom stereocenters. The number of para-hydroxylation sites is 1. The van der Waals surface area contributed by atoms with Crippen LogP contribution in [0.2, 0.25) is 5.02 Å². The van der Waals surface area contributed by atoms with E-state index in [1.807, 2.05) is 0 Å². The average Bonchev–Trinajstić information content (AvgIpc) is 2.41. The van der Waals surface area contributed by atoms with E-state index in [1.54, 1.807) is 12.1 Å². The highest BCUT2D eigenvalue weighted by molar-refractivity contribution is 9.10. The molecule has 2 aromatic carbocycles. The number of hydrogen-bond acceptors (Lipinski definition) is 2. The molecule has 0 aliphatic rings. The van der Waals surface area contributed by atoms with E-state index in [0.29, 0.717) is 5.56 Å². The van der Waals surface area contributed by atoms with E-state index in [1.165, 1.54) is 24.3 Å². The summed E-state index contributed by atoms with van der Waals surface area (Å²) in [5, 5.41) is 9.27. The van der Waals surface area contributed by atoms with Gasteiger partial charge in [-0.2, -0.15) is 0 Å². The number of rotatable bonds is 4. The molecule has 6 heteroatoms. The Morgan fingerprint density at radius 2 is 2.00 bits per heavy atom. The normalized spacial score (nSPS) is 10.3. The van der Waals surface area contributed by atoms with Crippen molar-refractivity contribution in [2.45, 2.75) is 6.61 Å². The van der Waals surface area contributed by atoms with E-state index in [4.69, 9.17) is 21.4 Å². The maximum atomic E-state index is 13.4. The molecular formula is C14H9BrClFO3. The summed E-state index contributed by atoms with van der Waals surface area (Å²) >= 11 is 9.05. The van der Waals surface area contributed by atoms with Crippen molar-refractivity contribution < 1.29 is 19.0 Å². The third kappa shape index (κ3) is 3.11. The van der Waals surface area contributed by atoms with Crippen molar-refractivity contribution >= 4 is 33.5 Å². The summed E-state index contributed by atoms with van der Waals surface area (Å²) in [5.74, 6) is -1.48. The second-order valence-electron chi connectivity index (χ2n) is 3.92. The Labute approximate surface area is 128 Å². The summed E-state index contributed by atoms with van der Waals surface area (Å²) < 4.78 is 19.1. The van der Waals surface area contributed by atoms with Crippen molar-refractivity contribution in [1.29, 1.82) is 0 Å². The Bertz CT molecular complexity index is 661. The molecule has 0 amide bonds. The minimum absolute atomic E-state index is 0.00234. The lowest BCUT2D eigenvalue weighted by Gasteiger charge is -2.12. The van der Waals surface area contributed by atoms with E-state index >= 15 is 0 Å². The monoisotopic (exact) mass is 358 g/mol. The molecule has 0 heterocycles. The molecule has 2 aromatic rings. The fraction of sp³-hybridized carbons (Fsp3) is 0.0714. The topological polar surface area (TPSA) is 46.5 Å². The summed E-state index contributed by atoms with van der Waals surface area (Å²) in [6.45, 7) is 0.00234. The van der Waals surface area contributed by atoms with Crippen LogP contribution < -0.4 is 4.74 Å². The zero-order valence-corrected chi connectivity index (χ0v) is 12.4. The van der Waals surface area contributed by atoms with Crippen LogP contribution in [0.5, 0.6) is 5.75 Å². The van der Waals surface area contributed by atoms with Crippen LogP contribution in [0.15, 0.2) is 40.9 Å². The lowest BCUT2D eigenvalue weighted by atomic mass is 10.2. The molecule has 1 N–H and O–H groups in total. The first-order chi connectivity index (χ1) is 9.50. The lowest BCUT2D eigenvalue weighted by Crippen LogP contribution is -2.04. The zero-order chi connectivity index (χ0) is 14.7. The molecule has 0 spiro atoms. The lowest BCUT2D eigenvalue weighted by molar-refractivity contribution is 0.0691. The Balaban J connectivity index is 2.27. The Morgan fingerprint density at radius 1 is 1.30 bits per heavy atom. The van der Waals surface area contributed by atoms with E-state index in [0.717, 1.165) is 0 Å². The van der Waals surface area contributed by atoms with Gasteiger partial charge in [-0.25, -0.2) is 9.18 Å². The number of hydrogen-bond donors (Lipinski definition) is 1. The van der Waals surface area contributed by atoms with E-state index < -0.39 is 11.8 Å². The second kappa shape index (κ2) is 6.24. The number of carboxylic acid groups (broad SMARTS) is 1. The van der Waals surface area contributed by atoms with Crippen LogP contribution in [0.3, 0.4) is 0 Å². The highest BCUT2D eigenvalue weighted by atomic mass is 79.9. The average molecular weight is 360 g/mol. The summed E-state index contributed by atoms with van der Waals surface area (Å²) in [4.78, 5) is 11.1. The number of ether oxygens (including phenoxy) is 1. The van der Waals surface area contributed by atoms with Gasteiger partial charge in [0.15, 0.2) is 5.75 Å². The fourth-order valence-electron chi connectivity index (χ4n) is 1.63. The number of aromatic carboxylic acids is 1. The standard InChI is InChI=1S/C14H9BrClFO3/c15-12-8(3-1-6-11(12)17)7-20-13-9(14(18)19)4-2-5-10(13)16/h1-6H,7H2,(H,18,19). The smallest absolute Gasteiger partial charge is 0.339 e. The van der Waals surface area contributed by atoms with E-state index in [2.05, 4.69) is 15.9 Å². The molecule has 20 heavy (non-hydrogen) atoms. The first-order valence-electron chi connectivity index (χ1n) is 5.58. The summed E-state index contributed by atoms with van der Waals surface area (Å²) in [6.07, 6.45) is 0. The van der Waals surface area contributed by atoms with Crippen LogP contribution in [0.4, 0.5) is 4.39 Å². The Morgan fingerprint density at radius 3 is 2.70 bits per heavy atom. The fourth-order valence-corrected chi connectivity index (χ4v) is 2.24. The zero-order valence-electron chi connectivity index (χ0n) is 10.1. The Hall–Kier alpha value is -1.59. The van der Waals surface area contributed by atoms with Gasteiger partial charge >= 0.3 is 5.97 Å². The molecule has 0 aromatic heterocycles. The van der Waals surface area contributed by atoms with Gasteiger partial charge in [0.1, 0.15) is 18.0 Å². The SMILES string of the molecule is O=C(O)c1cccc(Cl)c1OCc1cccc(F)c1Br. The van der Waals surface area contributed by atoms with Crippen molar-refractivity contribution in [1.82, 2.24) is 0 Å². The molecule has 0 bridgehead atoms. The second-order valence-corrected chi connectivity index (χ2v) is 5.12. The molecule has 0 saturated heterocycles. The minimum Gasteiger partial charge on any atom is -0.486 e. The van der Waals surface area contributed by atoms with E-state index in [9.17, 15) is 9.18 Å². The summed E-state index contributed by atoms with van der Waals surface area (Å²) in [6, 6.07) is 8.98. The predicted molar refractivity (Wildman–Crippen MR) is 76.8 cm³/mol. The molecule has 0 fully saturated rings. The third-order valence-electron chi connectivity index (χ3n) is 2.60. The number of carboxylic acids is 1. The van der Waals surface area contributed by atoms with Gasteiger partial charge in [0, 0.05) is 5.56 Å². The van der Waals surface area contributed by atoms with Gasteiger partial charge in [-0.15, -0.1) is 0 Å². The molecule has 0 radical (unpaired) electrons. The summed E-state index contributed by atoms with van der Waals surface area (Å²) in [5.41, 5.74) is 0.520. The molecular weight excluding hydrogens is 351 g/mol. The van der Waals surface area contributed by atoms with Gasteiger partial charge in [0.25, 0.3) is 0 Å². The van der Waals surface area contributed by atoms with Gasteiger partial charge in [-0.1, -0.05) is 29.8 Å².